The molecule has 0 saturated carbocycles. The first-order valence-corrected chi connectivity index (χ1v) is 6.61. The van der Waals surface area contributed by atoms with E-state index in [0.717, 1.165) is 6.42 Å². The Bertz CT molecular complexity index is 106. The molecule has 1 unspecified atom stereocenters. The van der Waals surface area contributed by atoms with Gasteiger partial charge in [0.05, 0.1) is 6.61 Å². The summed E-state index contributed by atoms with van der Waals surface area (Å²) in [7, 11) is 0. The Morgan fingerprint density at radius 1 is 0.929 bits per heavy atom. The monoisotopic (exact) mass is 218 g/mol. The first-order valence-electron chi connectivity index (χ1n) is 6.10. The molecule has 86 valence electrons. The molecule has 0 radical (unpaired) electrons. The normalized spacial score (nSPS) is 13.1. The molecule has 0 aliphatic rings. The topological polar surface area (TPSA) is 20.2 Å². The molecule has 2 heteroatoms. The van der Waals surface area contributed by atoms with Crippen LogP contribution in [0.4, 0.5) is 0 Å². The van der Waals surface area contributed by atoms with Crippen molar-refractivity contribution < 1.29 is 5.11 Å². The third-order valence-electron chi connectivity index (χ3n) is 2.60. The molecule has 0 bridgehead atoms. The van der Waals surface area contributed by atoms with E-state index in [1.54, 1.807) is 0 Å². The molecule has 0 heterocycles. The van der Waals surface area contributed by atoms with Crippen LogP contribution in [0.2, 0.25) is 0 Å². The Balaban J connectivity index is 2.92. The minimum absolute atomic E-state index is 0.204. The highest BCUT2D eigenvalue weighted by Crippen LogP contribution is 2.12. The lowest BCUT2D eigenvalue weighted by molar-refractivity contribution is 0.289. The van der Waals surface area contributed by atoms with Crippen molar-refractivity contribution in [2.45, 2.75) is 70.0 Å². The molecule has 0 aromatic rings. The molecular formula is C12H26OS. The van der Waals surface area contributed by atoms with Gasteiger partial charge in [-0.15, -0.1) is 0 Å². The summed E-state index contributed by atoms with van der Waals surface area (Å²) in [6.45, 7) is 2.47. The molecule has 14 heavy (non-hydrogen) atoms. The van der Waals surface area contributed by atoms with Gasteiger partial charge in [-0.1, -0.05) is 58.3 Å². The summed E-state index contributed by atoms with van der Waals surface area (Å²) in [4.78, 5) is 0. The molecule has 0 saturated heterocycles. The minimum atomic E-state index is 0.204. The number of hydrogen-bond acceptors (Lipinski definition) is 2. The van der Waals surface area contributed by atoms with E-state index in [1.165, 1.54) is 51.4 Å². The maximum Gasteiger partial charge on any atom is 0.0547 e. The summed E-state index contributed by atoms with van der Waals surface area (Å²) in [6.07, 6.45) is 11.9. The van der Waals surface area contributed by atoms with E-state index in [9.17, 15) is 0 Å². The Kier molecular flexibility index (Phi) is 11.6. The van der Waals surface area contributed by atoms with E-state index < -0.39 is 0 Å². The maximum atomic E-state index is 8.76. The fraction of sp³-hybridized carbons (Fsp3) is 1.00. The first-order chi connectivity index (χ1) is 6.81. The smallest absolute Gasteiger partial charge is 0.0547 e. The Hall–Kier alpha value is 0.310. The number of thiol groups is 1. The quantitative estimate of drug-likeness (QED) is 0.422. The molecule has 0 aromatic carbocycles. The van der Waals surface area contributed by atoms with Crippen molar-refractivity contribution in [3.63, 3.8) is 0 Å². The lowest BCUT2D eigenvalue weighted by atomic mass is 10.1. The predicted molar refractivity (Wildman–Crippen MR) is 67.1 cm³/mol. The second-order valence-corrected chi connectivity index (χ2v) is 4.83. The van der Waals surface area contributed by atoms with Gasteiger partial charge >= 0.3 is 0 Å². The van der Waals surface area contributed by atoms with Gasteiger partial charge in [0.15, 0.2) is 0 Å². The van der Waals surface area contributed by atoms with Crippen molar-refractivity contribution in [1.29, 1.82) is 0 Å². The molecule has 0 spiro atoms. The van der Waals surface area contributed by atoms with Crippen molar-refractivity contribution in [3.05, 3.63) is 0 Å². The van der Waals surface area contributed by atoms with Crippen LogP contribution in [0.5, 0.6) is 0 Å². The van der Waals surface area contributed by atoms with Crippen molar-refractivity contribution in [2.24, 2.45) is 0 Å². The highest BCUT2D eigenvalue weighted by molar-refractivity contribution is 7.81. The second kappa shape index (κ2) is 11.4. The standard InChI is InChI=1S/C12H26OS/c1-2-3-4-5-6-7-8-9-10-12(14)11-13/h12-14H,2-11H2,1H3. The fourth-order valence-electron chi connectivity index (χ4n) is 1.61. The Morgan fingerprint density at radius 2 is 1.43 bits per heavy atom. The van der Waals surface area contributed by atoms with Crippen LogP contribution in [0.1, 0.15) is 64.7 Å². The van der Waals surface area contributed by atoms with Gasteiger partial charge in [-0.2, -0.15) is 12.6 Å². The first kappa shape index (κ1) is 14.3. The average Bonchev–Trinajstić information content (AvgIpc) is 2.21. The highest BCUT2D eigenvalue weighted by Gasteiger charge is 1.99. The van der Waals surface area contributed by atoms with Crippen molar-refractivity contribution >= 4 is 12.6 Å². The number of hydrogen-bond donors (Lipinski definition) is 2. The number of unbranched alkanes of at least 4 members (excludes halogenated alkanes) is 7. The van der Waals surface area contributed by atoms with Gasteiger partial charge in [0.25, 0.3) is 0 Å². The fourth-order valence-corrected chi connectivity index (χ4v) is 1.79. The summed E-state index contributed by atoms with van der Waals surface area (Å²) in [5.74, 6) is 0. The Morgan fingerprint density at radius 3 is 1.93 bits per heavy atom. The van der Waals surface area contributed by atoms with Gasteiger partial charge in [0.2, 0.25) is 0 Å². The SMILES string of the molecule is CCCCCCCCCCC(S)CO. The van der Waals surface area contributed by atoms with Crippen LogP contribution < -0.4 is 0 Å². The maximum absolute atomic E-state index is 8.76. The summed E-state index contributed by atoms with van der Waals surface area (Å²) < 4.78 is 0. The Labute approximate surface area is 94.7 Å². The summed E-state index contributed by atoms with van der Waals surface area (Å²) in [5, 5.41) is 8.96. The molecule has 0 amide bonds. The molecule has 0 aliphatic heterocycles. The van der Waals surface area contributed by atoms with Crippen LogP contribution in [0, 0.1) is 0 Å². The molecule has 0 rings (SSSR count). The third-order valence-corrected chi connectivity index (χ3v) is 3.02. The van der Waals surface area contributed by atoms with E-state index in [-0.39, 0.29) is 11.9 Å². The zero-order valence-electron chi connectivity index (χ0n) is 9.54. The molecule has 0 aromatic heterocycles. The molecule has 1 atom stereocenters. The van der Waals surface area contributed by atoms with Crippen molar-refractivity contribution in [2.75, 3.05) is 6.61 Å². The number of aliphatic hydroxyl groups is 1. The van der Waals surface area contributed by atoms with Crippen molar-refractivity contribution in [1.82, 2.24) is 0 Å². The molecule has 0 fully saturated rings. The second-order valence-electron chi connectivity index (χ2n) is 4.10. The van der Waals surface area contributed by atoms with Gasteiger partial charge in [-0.05, 0) is 6.42 Å². The van der Waals surface area contributed by atoms with Gasteiger partial charge in [0, 0.05) is 5.25 Å². The van der Waals surface area contributed by atoms with E-state index in [1.807, 2.05) is 0 Å². The minimum Gasteiger partial charge on any atom is -0.395 e. The lowest BCUT2D eigenvalue weighted by Crippen LogP contribution is -2.03. The van der Waals surface area contributed by atoms with Crippen LogP contribution in [-0.4, -0.2) is 17.0 Å². The van der Waals surface area contributed by atoms with Crippen molar-refractivity contribution in [3.8, 4) is 0 Å². The van der Waals surface area contributed by atoms with Crippen LogP contribution in [0.3, 0.4) is 0 Å². The van der Waals surface area contributed by atoms with E-state index in [4.69, 9.17) is 5.11 Å². The van der Waals surface area contributed by atoms with Crippen LogP contribution in [0.15, 0.2) is 0 Å². The van der Waals surface area contributed by atoms with Crippen LogP contribution in [0.25, 0.3) is 0 Å². The largest absolute Gasteiger partial charge is 0.395 e. The highest BCUT2D eigenvalue weighted by atomic mass is 32.1. The number of aliphatic hydroxyl groups excluding tert-OH is 1. The molecule has 1 N–H and O–H groups in total. The zero-order chi connectivity index (χ0) is 10.6. The van der Waals surface area contributed by atoms with Crippen LogP contribution in [-0.2, 0) is 0 Å². The summed E-state index contributed by atoms with van der Waals surface area (Å²) in [5.41, 5.74) is 0. The third kappa shape index (κ3) is 10.4. The van der Waals surface area contributed by atoms with Gasteiger partial charge < -0.3 is 5.11 Å². The van der Waals surface area contributed by atoms with Gasteiger partial charge in [-0.3, -0.25) is 0 Å². The summed E-state index contributed by atoms with van der Waals surface area (Å²) >= 11 is 4.25. The van der Waals surface area contributed by atoms with Crippen LogP contribution >= 0.6 is 12.6 Å². The molecule has 1 nitrogen and oxygen atoms in total. The van der Waals surface area contributed by atoms with E-state index in [0.29, 0.717) is 0 Å². The number of rotatable bonds is 10. The lowest BCUT2D eigenvalue weighted by Gasteiger charge is -2.06. The summed E-state index contributed by atoms with van der Waals surface area (Å²) in [6, 6.07) is 0. The van der Waals surface area contributed by atoms with E-state index >= 15 is 0 Å². The van der Waals surface area contributed by atoms with E-state index in [2.05, 4.69) is 19.6 Å². The molecule has 0 aliphatic carbocycles. The zero-order valence-corrected chi connectivity index (χ0v) is 10.4. The molecular weight excluding hydrogens is 192 g/mol. The average molecular weight is 218 g/mol. The van der Waals surface area contributed by atoms with Gasteiger partial charge in [-0.25, -0.2) is 0 Å². The van der Waals surface area contributed by atoms with Gasteiger partial charge in [0.1, 0.15) is 0 Å². The predicted octanol–water partition coefficient (Wildman–Crippen LogP) is 3.81.